The van der Waals surface area contributed by atoms with Gasteiger partial charge in [0.25, 0.3) is 0 Å². The summed E-state index contributed by atoms with van der Waals surface area (Å²) in [5.41, 5.74) is 1.09. The Kier molecular flexibility index (Phi) is 2.96. The molecule has 3 rings (SSSR count). The summed E-state index contributed by atoms with van der Waals surface area (Å²) in [4.78, 5) is 19.8. The fourth-order valence-corrected chi connectivity index (χ4v) is 2.71. The van der Waals surface area contributed by atoms with Crippen molar-refractivity contribution in [2.75, 3.05) is 6.54 Å². The van der Waals surface area contributed by atoms with Crippen molar-refractivity contribution in [3.8, 4) is 0 Å². The minimum absolute atomic E-state index is 0.0286. The number of rotatable bonds is 3. The van der Waals surface area contributed by atoms with Crippen LogP contribution in [-0.2, 0) is 11.4 Å². The van der Waals surface area contributed by atoms with Crippen molar-refractivity contribution in [2.24, 2.45) is 0 Å². The highest BCUT2D eigenvalue weighted by Crippen LogP contribution is 2.29. The monoisotopic (exact) mass is 246 g/mol. The molecule has 0 spiro atoms. The molecule has 4 nitrogen and oxygen atoms in total. The van der Waals surface area contributed by atoms with Gasteiger partial charge in [0.05, 0.1) is 6.04 Å². The quantitative estimate of drug-likeness (QED) is 0.820. The lowest BCUT2D eigenvalue weighted by molar-refractivity contribution is -0.140. The molecule has 1 unspecified atom stereocenters. The fourth-order valence-electron chi connectivity index (χ4n) is 2.71. The van der Waals surface area contributed by atoms with Crippen LogP contribution in [0.4, 0.5) is 4.79 Å². The minimum Gasteiger partial charge on any atom is -0.318 e. The number of hydrogen-bond acceptors (Lipinski definition) is 2. The van der Waals surface area contributed by atoms with Gasteiger partial charge in [-0.05, 0) is 25.3 Å². The topological polar surface area (TPSA) is 32.8 Å². The SMILES string of the molecule is C[C@@H]1CCC2CN1C(=O)N2OCc1ccccc1. The summed E-state index contributed by atoms with van der Waals surface area (Å²) in [6.45, 7) is 3.38. The number of carbonyl (C=O) groups is 1. The highest BCUT2D eigenvalue weighted by Gasteiger charge is 2.43. The van der Waals surface area contributed by atoms with Gasteiger partial charge in [0.15, 0.2) is 0 Å². The summed E-state index contributed by atoms with van der Waals surface area (Å²) < 4.78 is 0. The summed E-state index contributed by atoms with van der Waals surface area (Å²) in [6, 6.07) is 10.6. The summed E-state index contributed by atoms with van der Waals surface area (Å²) >= 11 is 0. The lowest BCUT2D eigenvalue weighted by Crippen LogP contribution is -2.37. The van der Waals surface area contributed by atoms with Gasteiger partial charge in [-0.2, -0.15) is 5.06 Å². The second kappa shape index (κ2) is 4.61. The molecule has 2 amide bonds. The van der Waals surface area contributed by atoms with Crippen LogP contribution in [0.3, 0.4) is 0 Å². The predicted octanol–water partition coefficient (Wildman–Crippen LogP) is 2.41. The van der Waals surface area contributed by atoms with E-state index in [1.807, 2.05) is 35.2 Å². The third-order valence-electron chi connectivity index (χ3n) is 3.84. The lowest BCUT2D eigenvalue weighted by Gasteiger charge is -2.27. The Balaban J connectivity index is 1.65. The second-order valence-electron chi connectivity index (χ2n) is 5.10. The van der Waals surface area contributed by atoms with Gasteiger partial charge in [-0.3, -0.25) is 4.84 Å². The molecular weight excluding hydrogens is 228 g/mol. The van der Waals surface area contributed by atoms with Crippen LogP contribution in [-0.4, -0.2) is 34.6 Å². The van der Waals surface area contributed by atoms with Crippen LogP contribution >= 0.6 is 0 Å². The first-order valence-corrected chi connectivity index (χ1v) is 6.52. The number of amides is 2. The van der Waals surface area contributed by atoms with Crippen molar-refractivity contribution in [2.45, 2.75) is 38.5 Å². The van der Waals surface area contributed by atoms with Crippen LogP contribution in [0.5, 0.6) is 0 Å². The number of benzene rings is 1. The number of piperidine rings is 1. The largest absolute Gasteiger partial charge is 0.344 e. The molecule has 2 heterocycles. The van der Waals surface area contributed by atoms with Crippen molar-refractivity contribution in [3.63, 3.8) is 0 Å². The second-order valence-corrected chi connectivity index (χ2v) is 5.10. The number of urea groups is 1. The summed E-state index contributed by atoms with van der Waals surface area (Å²) in [5, 5.41) is 1.58. The zero-order valence-electron chi connectivity index (χ0n) is 10.6. The summed E-state index contributed by atoms with van der Waals surface area (Å²) in [6.07, 6.45) is 2.11. The van der Waals surface area contributed by atoms with E-state index in [4.69, 9.17) is 4.84 Å². The maximum absolute atomic E-state index is 12.1. The molecule has 18 heavy (non-hydrogen) atoms. The maximum Gasteiger partial charge on any atom is 0.344 e. The van der Waals surface area contributed by atoms with Gasteiger partial charge in [-0.25, -0.2) is 4.79 Å². The lowest BCUT2D eigenvalue weighted by atomic mass is 10.0. The van der Waals surface area contributed by atoms with E-state index in [1.54, 1.807) is 5.06 Å². The molecule has 2 fully saturated rings. The van der Waals surface area contributed by atoms with E-state index < -0.39 is 0 Å². The zero-order chi connectivity index (χ0) is 12.5. The average molecular weight is 246 g/mol. The number of hydroxylamine groups is 2. The average Bonchev–Trinajstić information content (AvgIpc) is 2.67. The molecular formula is C14H18N2O2. The molecule has 2 saturated heterocycles. The molecule has 4 heteroatoms. The normalized spacial score (nSPS) is 26.8. The first-order valence-electron chi connectivity index (χ1n) is 6.52. The number of nitrogens with zero attached hydrogens (tertiary/aromatic N) is 2. The Morgan fingerprint density at radius 3 is 2.78 bits per heavy atom. The molecule has 1 aromatic carbocycles. The minimum atomic E-state index is 0.0286. The Bertz CT molecular complexity index is 435. The Hall–Kier alpha value is -1.55. The Morgan fingerprint density at radius 2 is 2.06 bits per heavy atom. The van der Waals surface area contributed by atoms with Gasteiger partial charge in [-0.15, -0.1) is 0 Å². The molecule has 0 aliphatic carbocycles. The fraction of sp³-hybridized carbons (Fsp3) is 0.500. The molecule has 0 N–H and O–H groups in total. The van der Waals surface area contributed by atoms with Crippen molar-refractivity contribution < 1.29 is 9.63 Å². The highest BCUT2D eigenvalue weighted by molar-refractivity contribution is 5.76. The van der Waals surface area contributed by atoms with E-state index in [2.05, 4.69) is 6.92 Å². The highest BCUT2D eigenvalue weighted by atomic mass is 16.7. The smallest absolute Gasteiger partial charge is 0.318 e. The van der Waals surface area contributed by atoms with Gasteiger partial charge in [-0.1, -0.05) is 30.3 Å². The van der Waals surface area contributed by atoms with E-state index in [9.17, 15) is 4.79 Å². The summed E-state index contributed by atoms with van der Waals surface area (Å²) in [7, 11) is 0. The third-order valence-corrected chi connectivity index (χ3v) is 3.84. The molecule has 2 atom stereocenters. The van der Waals surface area contributed by atoms with E-state index in [0.29, 0.717) is 12.6 Å². The third kappa shape index (κ3) is 1.97. The van der Waals surface area contributed by atoms with E-state index in [1.165, 1.54) is 0 Å². The van der Waals surface area contributed by atoms with Crippen LogP contribution in [0.1, 0.15) is 25.3 Å². The predicted molar refractivity (Wildman–Crippen MR) is 67.7 cm³/mol. The molecule has 1 aromatic rings. The maximum atomic E-state index is 12.1. The first kappa shape index (κ1) is 11.5. The molecule has 0 aromatic heterocycles. The van der Waals surface area contributed by atoms with Crippen molar-refractivity contribution in [1.82, 2.24) is 9.96 Å². The molecule has 96 valence electrons. The Labute approximate surface area is 107 Å². The van der Waals surface area contributed by atoms with Crippen molar-refractivity contribution in [3.05, 3.63) is 35.9 Å². The summed E-state index contributed by atoms with van der Waals surface area (Å²) in [5.74, 6) is 0. The van der Waals surface area contributed by atoms with Crippen LogP contribution in [0.25, 0.3) is 0 Å². The van der Waals surface area contributed by atoms with Crippen LogP contribution in [0.2, 0.25) is 0 Å². The van der Waals surface area contributed by atoms with Crippen LogP contribution < -0.4 is 0 Å². The first-order chi connectivity index (χ1) is 8.75. The number of fused-ring (bicyclic) bond motifs is 2. The van der Waals surface area contributed by atoms with E-state index in [-0.39, 0.29) is 12.1 Å². The van der Waals surface area contributed by atoms with E-state index >= 15 is 0 Å². The van der Waals surface area contributed by atoms with Crippen LogP contribution in [0, 0.1) is 0 Å². The van der Waals surface area contributed by atoms with Gasteiger partial charge >= 0.3 is 6.03 Å². The standard InChI is InChI=1S/C14H18N2O2/c1-11-7-8-13-9-15(11)14(17)16(13)18-10-12-5-3-2-4-6-12/h2-6,11,13H,7-10H2,1H3/t11-,13?/m1/s1. The van der Waals surface area contributed by atoms with Gasteiger partial charge in [0, 0.05) is 12.6 Å². The number of hydrogen-bond donors (Lipinski definition) is 0. The molecule has 2 bridgehead atoms. The molecule has 0 radical (unpaired) electrons. The van der Waals surface area contributed by atoms with Gasteiger partial charge in [0.1, 0.15) is 6.61 Å². The van der Waals surface area contributed by atoms with E-state index in [0.717, 1.165) is 24.9 Å². The molecule has 2 aliphatic heterocycles. The van der Waals surface area contributed by atoms with Crippen molar-refractivity contribution >= 4 is 6.03 Å². The molecule has 0 saturated carbocycles. The number of carbonyl (C=O) groups excluding carboxylic acids is 1. The van der Waals surface area contributed by atoms with Crippen molar-refractivity contribution in [1.29, 1.82) is 0 Å². The Morgan fingerprint density at radius 1 is 1.28 bits per heavy atom. The van der Waals surface area contributed by atoms with Gasteiger partial charge < -0.3 is 4.90 Å². The zero-order valence-corrected chi connectivity index (χ0v) is 10.6. The van der Waals surface area contributed by atoms with Crippen LogP contribution in [0.15, 0.2) is 30.3 Å². The molecule has 2 aliphatic rings. The van der Waals surface area contributed by atoms with Gasteiger partial charge in [0.2, 0.25) is 0 Å².